The lowest BCUT2D eigenvalue weighted by Gasteiger charge is -2.41. The fraction of sp³-hybridized carbons (Fsp3) is 0.400. The van der Waals surface area contributed by atoms with Crippen LogP contribution in [0.2, 0.25) is 18.1 Å². The predicted molar refractivity (Wildman–Crippen MR) is 152 cm³/mol. The molecule has 8 nitrogen and oxygen atoms in total. The highest BCUT2D eigenvalue weighted by Gasteiger charge is 2.65. The monoisotopic (exact) mass is 547 g/mol. The van der Waals surface area contributed by atoms with E-state index in [4.69, 9.17) is 18.9 Å². The van der Waals surface area contributed by atoms with Crippen molar-refractivity contribution < 1.29 is 23.5 Å². The van der Waals surface area contributed by atoms with E-state index in [0.29, 0.717) is 22.7 Å². The molecule has 1 aliphatic rings. The number of nitrogens with zero attached hydrogens (tertiary/aromatic N) is 3. The van der Waals surface area contributed by atoms with Crippen molar-refractivity contribution in [2.24, 2.45) is 12.0 Å². The Morgan fingerprint density at radius 3 is 2.28 bits per heavy atom. The van der Waals surface area contributed by atoms with Gasteiger partial charge in [0.1, 0.15) is 23.3 Å². The molecule has 0 saturated heterocycles. The number of esters is 1. The third-order valence-electron chi connectivity index (χ3n) is 8.12. The molecule has 39 heavy (non-hydrogen) atoms. The lowest BCUT2D eigenvalue weighted by atomic mass is 9.64. The minimum atomic E-state index is -2.16. The summed E-state index contributed by atoms with van der Waals surface area (Å²) in [5.41, 5.74) is -2.10. The van der Waals surface area contributed by atoms with E-state index in [2.05, 4.69) is 38.8 Å². The molecular formula is C30H37N3O5Si. The summed E-state index contributed by atoms with van der Waals surface area (Å²) < 4.78 is 19.5. The number of methoxy groups -OCH3 is 1. The summed E-state index contributed by atoms with van der Waals surface area (Å²) in [5.74, 6) is 0.576. The van der Waals surface area contributed by atoms with Gasteiger partial charge in [0.25, 0.3) is 0 Å². The Labute approximate surface area is 231 Å². The second kappa shape index (κ2) is 10.5. The molecule has 0 fully saturated rings. The number of cyclic esters (lactones) is 1. The van der Waals surface area contributed by atoms with Crippen LogP contribution >= 0.6 is 0 Å². The van der Waals surface area contributed by atoms with Gasteiger partial charge in [0.05, 0.1) is 7.11 Å². The largest absolute Gasteiger partial charge is 0.497 e. The van der Waals surface area contributed by atoms with Gasteiger partial charge < -0.3 is 23.3 Å². The van der Waals surface area contributed by atoms with Gasteiger partial charge in [-0.25, -0.2) is 14.8 Å². The molecule has 0 aliphatic carbocycles. The van der Waals surface area contributed by atoms with Crippen molar-refractivity contribution >= 4 is 26.5 Å². The van der Waals surface area contributed by atoms with Crippen LogP contribution in [0.3, 0.4) is 0 Å². The molecule has 0 amide bonds. The Bertz CT molecular complexity index is 1360. The normalized spacial score (nSPS) is 19.3. The molecule has 3 aromatic rings. The van der Waals surface area contributed by atoms with Gasteiger partial charge in [-0.2, -0.15) is 0 Å². The Balaban J connectivity index is 1.93. The standard InChI is InChI=1S/C30H37N3O5Si/c1-28(2,3)39(6,7)37-20-17-29(21-34,26-31-18-19-33(26)4)30(23-11-9-8-10-12-23)27(35)38-25(32-30)22-13-15-24(36-5)16-14-22/h8-16,18-19,21H,17,20H2,1-7H3/t29-,30-/m1/s1. The summed E-state index contributed by atoms with van der Waals surface area (Å²) >= 11 is 0. The van der Waals surface area contributed by atoms with E-state index in [0.717, 1.165) is 6.29 Å². The van der Waals surface area contributed by atoms with Crippen molar-refractivity contribution in [3.05, 3.63) is 83.9 Å². The molecule has 2 aromatic carbocycles. The summed E-state index contributed by atoms with van der Waals surface area (Å²) in [6.45, 7) is 11.1. The van der Waals surface area contributed by atoms with Crippen molar-refractivity contribution in [3.63, 3.8) is 0 Å². The summed E-state index contributed by atoms with van der Waals surface area (Å²) in [6, 6.07) is 16.2. The zero-order chi connectivity index (χ0) is 28.5. The van der Waals surface area contributed by atoms with E-state index in [9.17, 15) is 9.59 Å². The van der Waals surface area contributed by atoms with Crippen LogP contribution in [-0.2, 0) is 36.8 Å². The van der Waals surface area contributed by atoms with E-state index >= 15 is 0 Å². The zero-order valence-electron chi connectivity index (χ0n) is 23.7. The van der Waals surface area contributed by atoms with Crippen LogP contribution < -0.4 is 4.74 Å². The SMILES string of the molecule is COc1ccc(C2=N[C@@](c3ccccc3)([C@@](C=O)(CCO[Si](C)(C)C(C)(C)C)c3nccn3C)C(=O)O2)cc1. The molecular weight excluding hydrogens is 510 g/mol. The average Bonchev–Trinajstić information content (AvgIpc) is 3.50. The van der Waals surface area contributed by atoms with Gasteiger partial charge in [-0.05, 0) is 54.4 Å². The first-order valence-electron chi connectivity index (χ1n) is 13.0. The molecule has 2 heterocycles. The number of aryl methyl sites for hydroxylation is 1. The van der Waals surface area contributed by atoms with Crippen LogP contribution in [0.5, 0.6) is 5.75 Å². The minimum Gasteiger partial charge on any atom is -0.497 e. The van der Waals surface area contributed by atoms with Crippen LogP contribution in [0.4, 0.5) is 0 Å². The van der Waals surface area contributed by atoms with Crippen LogP contribution in [-0.4, -0.2) is 49.7 Å². The third-order valence-corrected chi connectivity index (χ3v) is 12.7. The predicted octanol–water partition coefficient (Wildman–Crippen LogP) is 5.18. The van der Waals surface area contributed by atoms with Crippen LogP contribution in [0.15, 0.2) is 72.0 Å². The maximum atomic E-state index is 14.1. The van der Waals surface area contributed by atoms with Gasteiger partial charge >= 0.3 is 5.97 Å². The smallest absolute Gasteiger partial charge is 0.347 e. The molecule has 2 atom stereocenters. The van der Waals surface area contributed by atoms with Gasteiger partial charge in [0.2, 0.25) is 11.4 Å². The zero-order valence-corrected chi connectivity index (χ0v) is 24.7. The van der Waals surface area contributed by atoms with Crippen LogP contribution in [0, 0.1) is 0 Å². The number of aliphatic imine (C=N–C) groups is 1. The number of hydrogen-bond acceptors (Lipinski definition) is 7. The Morgan fingerprint density at radius 1 is 1.08 bits per heavy atom. The van der Waals surface area contributed by atoms with Gasteiger partial charge in [0, 0.05) is 31.6 Å². The van der Waals surface area contributed by atoms with Crippen molar-refractivity contribution in [3.8, 4) is 5.75 Å². The summed E-state index contributed by atoms with van der Waals surface area (Å²) in [6.07, 6.45) is 4.36. The maximum absolute atomic E-state index is 14.1. The summed E-state index contributed by atoms with van der Waals surface area (Å²) in [7, 11) is 1.23. The van der Waals surface area contributed by atoms with Crippen molar-refractivity contribution in [2.45, 2.75) is 56.3 Å². The molecule has 0 radical (unpaired) electrons. The second-order valence-electron chi connectivity index (χ2n) is 11.4. The Kier molecular flexibility index (Phi) is 7.69. The van der Waals surface area contributed by atoms with E-state index in [1.54, 1.807) is 60.5 Å². The summed E-state index contributed by atoms with van der Waals surface area (Å²) in [5, 5.41) is -0.0246. The number of ether oxygens (including phenoxy) is 2. The Morgan fingerprint density at radius 2 is 1.74 bits per heavy atom. The lowest BCUT2D eigenvalue weighted by molar-refractivity contribution is -0.145. The maximum Gasteiger partial charge on any atom is 0.347 e. The van der Waals surface area contributed by atoms with Gasteiger partial charge in [-0.1, -0.05) is 51.1 Å². The number of imidazole rings is 1. The molecule has 0 bridgehead atoms. The molecule has 9 heteroatoms. The average molecular weight is 548 g/mol. The topological polar surface area (TPSA) is 92.0 Å². The molecule has 1 aromatic heterocycles. The number of carbonyl (C=O) groups excluding carboxylic acids is 2. The van der Waals surface area contributed by atoms with E-state index in [1.807, 2.05) is 25.2 Å². The Hall–Kier alpha value is -3.56. The van der Waals surface area contributed by atoms with E-state index < -0.39 is 25.2 Å². The van der Waals surface area contributed by atoms with Crippen LogP contribution in [0.1, 0.15) is 44.1 Å². The molecule has 4 rings (SSSR count). The highest BCUT2D eigenvalue weighted by Crippen LogP contribution is 2.50. The second-order valence-corrected chi connectivity index (χ2v) is 16.2. The fourth-order valence-corrected chi connectivity index (χ4v) is 5.82. The number of aldehydes is 1. The first-order chi connectivity index (χ1) is 18.4. The number of benzene rings is 2. The molecule has 206 valence electrons. The molecule has 0 spiro atoms. The molecule has 0 N–H and O–H groups in total. The van der Waals surface area contributed by atoms with Gasteiger partial charge in [-0.15, -0.1) is 0 Å². The number of hydrogen-bond donors (Lipinski definition) is 0. The quantitative estimate of drug-likeness (QED) is 0.197. The number of rotatable bonds is 10. The summed E-state index contributed by atoms with van der Waals surface area (Å²) in [4.78, 5) is 37.2. The number of carbonyl (C=O) groups is 2. The van der Waals surface area contributed by atoms with Gasteiger partial charge in [0.15, 0.2) is 8.32 Å². The van der Waals surface area contributed by atoms with Gasteiger partial charge in [-0.3, -0.25) is 0 Å². The molecule has 0 saturated carbocycles. The highest BCUT2D eigenvalue weighted by atomic mass is 28.4. The van der Waals surface area contributed by atoms with E-state index in [1.165, 1.54) is 0 Å². The lowest BCUT2D eigenvalue weighted by Crippen LogP contribution is -2.55. The van der Waals surface area contributed by atoms with Crippen LogP contribution in [0.25, 0.3) is 0 Å². The molecule has 1 aliphatic heterocycles. The van der Waals surface area contributed by atoms with Crippen molar-refractivity contribution in [1.29, 1.82) is 0 Å². The van der Waals surface area contributed by atoms with Crippen molar-refractivity contribution in [1.82, 2.24) is 9.55 Å². The minimum absolute atomic E-state index is 0.0246. The first kappa shape index (κ1) is 28.4. The highest BCUT2D eigenvalue weighted by molar-refractivity contribution is 6.74. The number of aromatic nitrogens is 2. The third kappa shape index (κ3) is 4.85. The van der Waals surface area contributed by atoms with E-state index in [-0.39, 0.29) is 24.0 Å². The molecule has 0 unspecified atom stereocenters. The fourth-order valence-electron chi connectivity index (χ4n) is 4.77. The first-order valence-corrected chi connectivity index (χ1v) is 15.9. The van der Waals surface area contributed by atoms with Crippen molar-refractivity contribution in [2.75, 3.05) is 13.7 Å².